The fourth-order valence-electron chi connectivity index (χ4n) is 2.95. The van der Waals surface area contributed by atoms with Crippen molar-refractivity contribution in [2.45, 2.75) is 130 Å². The van der Waals surface area contributed by atoms with Crippen LogP contribution in [0, 0.1) is 0 Å². The summed E-state index contributed by atoms with van der Waals surface area (Å²) in [6.07, 6.45) is 21.8. The molecule has 0 spiro atoms. The lowest BCUT2D eigenvalue weighted by Crippen LogP contribution is -2.18. The van der Waals surface area contributed by atoms with E-state index in [1.807, 2.05) is 13.8 Å². The summed E-state index contributed by atoms with van der Waals surface area (Å²) in [7, 11) is 0. The Bertz CT molecular complexity index is 326. The molecule has 0 heterocycles. The number of amides is 1. The van der Waals surface area contributed by atoms with Crippen molar-refractivity contribution in [3.05, 3.63) is 0 Å². The van der Waals surface area contributed by atoms with Crippen LogP contribution >= 0.6 is 0 Å². The minimum absolute atomic E-state index is 0.0579. The number of carbonyl (C=O) groups is 1. The molecule has 0 saturated carbocycles. The highest BCUT2D eigenvalue weighted by Gasteiger charge is 2.00. The van der Waals surface area contributed by atoms with Gasteiger partial charge in [-0.2, -0.15) is 5.10 Å². The third-order valence-electron chi connectivity index (χ3n) is 4.89. The Balaban J connectivity index is 3.17. The molecule has 0 aromatic rings. The second-order valence-corrected chi connectivity index (χ2v) is 7.44. The zero-order valence-corrected chi connectivity index (χ0v) is 17.4. The number of hydrazone groups is 1. The minimum atomic E-state index is 0.0579. The first-order chi connectivity index (χ1) is 12.2. The van der Waals surface area contributed by atoms with Gasteiger partial charge in [-0.1, -0.05) is 104 Å². The maximum Gasteiger partial charge on any atom is 0.240 e. The van der Waals surface area contributed by atoms with Crippen LogP contribution in [0.3, 0.4) is 0 Å². The molecule has 0 rings (SSSR count). The topological polar surface area (TPSA) is 41.5 Å². The summed E-state index contributed by atoms with van der Waals surface area (Å²) in [5, 5.41) is 4.05. The van der Waals surface area contributed by atoms with E-state index in [1.54, 1.807) is 0 Å². The van der Waals surface area contributed by atoms with Gasteiger partial charge in [0.25, 0.3) is 0 Å². The van der Waals surface area contributed by atoms with Crippen molar-refractivity contribution in [2.75, 3.05) is 0 Å². The van der Waals surface area contributed by atoms with E-state index >= 15 is 0 Å². The number of nitrogens with zero attached hydrogens (tertiary/aromatic N) is 1. The quantitative estimate of drug-likeness (QED) is 0.159. The van der Waals surface area contributed by atoms with Gasteiger partial charge in [0.2, 0.25) is 5.91 Å². The van der Waals surface area contributed by atoms with E-state index in [4.69, 9.17) is 0 Å². The summed E-state index contributed by atoms with van der Waals surface area (Å²) in [6, 6.07) is 0. The van der Waals surface area contributed by atoms with Gasteiger partial charge in [0.05, 0.1) is 0 Å². The van der Waals surface area contributed by atoms with Crippen LogP contribution in [-0.4, -0.2) is 11.6 Å². The van der Waals surface area contributed by atoms with Crippen molar-refractivity contribution >= 4 is 11.6 Å². The summed E-state index contributed by atoms with van der Waals surface area (Å²) in [4.78, 5) is 11.6. The Morgan fingerprint density at radius 3 is 1.48 bits per heavy atom. The highest BCUT2D eigenvalue weighted by Crippen LogP contribution is 2.13. The summed E-state index contributed by atoms with van der Waals surface area (Å²) in [5.41, 5.74) is 3.61. The van der Waals surface area contributed by atoms with Crippen LogP contribution in [0.15, 0.2) is 5.10 Å². The van der Waals surface area contributed by atoms with E-state index in [0.717, 1.165) is 18.6 Å². The predicted octanol–water partition coefficient (Wildman–Crippen LogP) is 7.15. The molecule has 0 radical (unpaired) electrons. The van der Waals surface area contributed by atoms with Crippen LogP contribution < -0.4 is 5.43 Å². The Morgan fingerprint density at radius 2 is 1.08 bits per heavy atom. The van der Waals surface area contributed by atoms with E-state index in [-0.39, 0.29) is 5.91 Å². The smallest absolute Gasteiger partial charge is 0.240 e. The zero-order valence-electron chi connectivity index (χ0n) is 17.4. The number of carbonyl (C=O) groups excluding carboxylic acids is 1. The molecule has 148 valence electrons. The minimum Gasteiger partial charge on any atom is -0.273 e. The molecule has 0 saturated heterocycles. The lowest BCUT2D eigenvalue weighted by molar-refractivity contribution is -0.121. The Hall–Kier alpha value is -0.860. The van der Waals surface area contributed by atoms with Gasteiger partial charge in [-0.05, 0) is 19.8 Å². The standard InChI is InChI=1S/C22H44N2O/c1-4-6-7-8-9-10-11-12-13-14-15-16-17-18-19-20-22(25)24-23-21(3)5-2/h4-20H2,1-3H3,(H,24,25). The molecule has 0 atom stereocenters. The van der Waals surface area contributed by atoms with Crippen LogP contribution in [0.4, 0.5) is 0 Å². The fourth-order valence-corrected chi connectivity index (χ4v) is 2.95. The predicted molar refractivity (Wildman–Crippen MR) is 111 cm³/mol. The van der Waals surface area contributed by atoms with E-state index < -0.39 is 0 Å². The lowest BCUT2D eigenvalue weighted by atomic mass is 10.0. The molecule has 0 aromatic heterocycles. The van der Waals surface area contributed by atoms with Crippen LogP contribution in [0.5, 0.6) is 0 Å². The summed E-state index contributed by atoms with van der Waals surface area (Å²) in [5.74, 6) is 0.0579. The average molecular weight is 353 g/mol. The first kappa shape index (κ1) is 24.1. The third-order valence-corrected chi connectivity index (χ3v) is 4.89. The second-order valence-electron chi connectivity index (χ2n) is 7.44. The van der Waals surface area contributed by atoms with Gasteiger partial charge in [-0.15, -0.1) is 0 Å². The van der Waals surface area contributed by atoms with Gasteiger partial charge in [0.15, 0.2) is 0 Å². The van der Waals surface area contributed by atoms with Crippen LogP contribution in [0.2, 0.25) is 0 Å². The number of unbranched alkanes of at least 4 members (excludes halogenated alkanes) is 14. The van der Waals surface area contributed by atoms with Gasteiger partial charge in [-0.3, -0.25) is 4.79 Å². The van der Waals surface area contributed by atoms with Gasteiger partial charge < -0.3 is 0 Å². The zero-order chi connectivity index (χ0) is 18.6. The number of hydrogen-bond acceptors (Lipinski definition) is 2. The van der Waals surface area contributed by atoms with Gasteiger partial charge in [-0.25, -0.2) is 5.43 Å². The SMILES string of the molecule is CCCCCCCCCCCCCCCCCC(=O)NN=C(C)CC. The highest BCUT2D eigenvalue weighted by atomic mass is 16.2. The molecule has 1 amide bonds. The Kier molecular flexibility index (Phi) is 18.8. The van der Waals surface area contributed by atoms with E-state index in [0.29, 0.717) is 6.42 Å². The third kappa shape index (κ3) is 19.3. The van der Waals surface area contributed by atoms with Gasteiger partial charge in [0, 0.05) is 12.1 Å². The van der Waals surface area contributed by atoms with Crippen molar-refractivity contribution in [3.63, 3.8) is 0 Å². The Morgan fingerprint density at radius 1 is 0.680 bits per heavy atom. The molecule has 0 aliphatic heterocycles. The molecular weight excluding hydrogens is 308 g/mol. The molecule has 0 aliphatic rings. The second kappa shape index (κ2) is 19.5. The number of nitrogens with one attached hydrogen (secondary N) is 1. The van der Waals surface area contributed by atoms with Crippen molar-refractivity contribution in [1.29, 1.82) is 0 Å². The molecule has 0 unspecified atom stereocenters. The number of hydrogen-bond donors (Lipinski definition) is 1. The molecule has 0 aliphatic carbocycles. The van der Waals surface area contributed by atoms with Crippen molar-refractivity contribution < 1.29 is 4.79 Å². The monoisotopic (exact) mass is 352 g/mol. The summed E-state index contributed by atoms with van der Waals surface area (Å²) < 4.78 is 0. The van der Waals surface area contributed by atoms with Gasteiger partial charge >= 0.3 is 0 Å². The van der Waals surface area contributed by atoms with Gasteiger partial charge in [0.1, 0.15) is 0 Å². The summed E-state index contributed by atoms with van der Waals surface area (Å²) in [6.45, 7) is 6.26. The molecule has 3 heteroatoms. The van der Waals surface area contributed by atoms with E-state index in [9.17, 15) is 4.79 Å². The highest BCUT2D eigenvalue weighted by molar-refractivity contribution is 5.84. The first-order valence-electron chi connectivity index (χ1n) is 11.0. The maximum absolute atomic E-state index is 11.6. The van der Waals surface area contributed by atoms with Crippen LogP contribution in [-0.2, 0) is 4.79 Å². The molecular formula is C22H44N2O. The van der Waals surface area contributed by atoms with Crippen molar-refractivity contribution in [1.82, 2.24) is 5.43 Å². The maximum atomic E-state index is 11.6. The molecule has 3 nitrogen and oxygen atoms in total. The van der Waals surface area contributed by atoms with Crippen molar-refractivity contribution in [2.24, 2.45) is 5.10 Å². The molecule has 0 aromatic carbocycles. The molecule has 25 heavy (non-hydrogen) atoms. The fraction of sp³-hybridized carbons (Fsp3) is 0.909. The average Bonchev–Trinajstić information content (AvgIpc) is 2.62. The van der Waals surface area contributed by atoms with E-state index in [1.165, 1.54) is 89.9 Å². The van der Waals surface area contributed by atoms with Crippen LogP contribution in [0.25, 0.3) is 0 Å². The molecule has 1 N–H and O–H groups in total. The first-order valence-corrected chi connectivity index (χ1v) is 11.0. The Labute approximate surface area is 157 Å². The normalized spacial score (nSPS) is 11.7. The molecule has 0 fully saturated rings. The number of rotatable bonds is 18. The lowest BCUT2D eigenvalue weighted by Gasteiger charge is -2.04. The van der Waals surface area contributed by atoms with Crippen LogP contribution in [0.1, 0.15) is 130 Å². The summed E-state index contributed by atoms with van der Waals surface area (Å²) >= 11 is 0. The van der Waals surface area contributed by atoms with E-state index in [2.05, 4.69) is 17.5 Å². The molecule has 0 bridgehead atoms. The van der Waals surface area contributed by atoms with Crippen molar-refractivity contribution in [3.8, 4) is 0 Å². The largest absolute Gasteiger partial charge is 0.273 e.